The number of likely N-dealkylation sites (N-methyl/N-ethyl adjacent to an activating group) is 1. The highest BCUT2D eigenvalue weighted by atomic mass is 35.5. The van der Waals surface area contributed by atoms with Crippen LogP contribution in [0.2, 0.25) is 5.02 Å². The van der Waals surface area contributed by atoms with Crippen LogP contribution >= 0.6 is 11.6 Å². The summed E-state index contributed by atoms with van der Waals surface area (Å²) in [5.74, 6) is 0.0487. The zero-order valence-corrected chi connectivity index (χ0v) is 16.0. The van der Waals surface area contributed by atoms with Crippen LogP contribution in [-0.4, -0.2) is 36.9 Å². The summed E-state index contributed by atoms with van der Waals surface area (Å²) in [5, 5.41) is 6.05. The van der Waals surface area contributed by atoms with Gasteiger partial charge in [-0.05, 0) is 42.8 Å². The third kappa shape index (κ3) is 6.17. The van der Waals surface area contributed by atoms with Crippen molar-refractivity contribution in [3.05, 3.63) is 59.1 Å². The fraction of sp³-hybridized carbons (Fsp3) is 0.300. The van der Waals surface area contributed by atoms with Gasteiger partial charge in [0.05, 0.1) is 23.8 Å². The first kappa shape index (κ1) is 19.9. The maximum atomic E-state index is 12.1. The largest absolute Gasteiger partial charge is 0.325 e. The monoisotopic (exact) mass is 373 g/mol. The molecule has 0 unspecified atom stereocenters. The van der Waals surface area contributed by atoms with E-state index in [9.17, 15) is 9.59 Å². The van der Waals surface area contributed by atoms with Gasteiger partial charge in [-0.3, -0.25) is 14.5 Å². The van der Waals surface area contributed by atoms with Gasteiger partial charge in [-0.25, -0.2) is 0 Å². The lowest BCUT2D eigenvalue weighted by Crippen LogP contribution is -2.36. The van der Waals surface area contributed by atoms with Crippen LogP contribution in [-0.2, 0) is 9.59 Å². The number of amides is 2. The van der Waals surface area contributed by atoms with Crippen molar-refractivity contribution in [1.29, 1.82) is 0 Å². The predicted octanol–water partition coefficient (Wildman–Crippen LogP) is 3.97. The highest BCUT2D eigenvalue weighted by Gasteiger charge is 2.12. The quantitative estimate of drug-likeness (QED) is 0.771. The van der Waals surface area contributed by atoms with E-state index in [4.69, 9.17) is 11.6 Å². The molecule has 2 rings (SSSR count). The SMILES string of the molecule is CC(C)c1ccc(NC(=O)CN(C)CC(=O)Nc2ccccc2Cl)cc1. The fourth-order valence-electron chi connectivity index (χ4n) is 2.45. The van der Waals surface area contributed by atoms with E-state index in [1.54, 1.807) is 36.2 Å². The fourth-order valence-corrected chi connectivity index (χ4v) is 2.63. The van der Waals surface area contributed by atoms with Crippen LogP contribution in [0.15, 0.2) is 48.5 Å². The van der Waals surface area contributed by atoms with E-state index < -0.39 is 0 Å². The Bertz CT molecular complexity index is 760. The van der Waals surface area contributed by atoms with Gasteiger partial charge in [0.15, 0.2) is 0 Å². The van der Waals surface area contributed by atoms with Gasteiger partial charge in [0, 0.05) is 5.69 Å². The molecular weight excluding hydrogens is 350 g/mol. The molecule has 5 nitrogen and oxygen atoms in total. The van der Waals surface area contributed by atoms with Crippen molar-refractivity contribution in [2.75, 3.05) is 30.8 Å². The predicted molar refractivity (Wildman–Crippen MR) is 107 cm³/mol. The minimum absolute atomic E-state index is 0.0882. The molecular formula is C20H24ClN3O2. The third-order valence-corrected chi connectivity index (χ3v) is 4.17. The maximum absolute atomic E-state index is 12.1. The minimum Gasteiger partial charge on any atom is -0.325 e. The number of anilines is 2. The van der Waals surface area contributed by atoms with E-state index in [1.807, 2.05) is 24.3 Å². The molecule has 2 aromatic rings. The van der Waals surface area contributed by atoms with Crippen LogP contribution in [0.5, 0.6) is 0 Å². The van der Waals surface area contributed by atoms with Gasteiger partial charge in [-0.1, -0.05) is 49.7 Å². The molecule has 0 heterocycles. The van der Waals surface area contributed by atoms with E-state index in [1.165, 1.54) is 5.56 Å². The molecule has 0 aliphatic carbocycles. The molecule has 0 bridgehead atoms. The number of nitrogens with one attached hydrogen (secondary N) is 2. The molecule has 0 aromatic heterocycles. The normalized spacial score (nSPS) is 10.8. The van der Waals surface area contributed by atoms with E-state index >= 15 is 0 Å². The van der Waals surface area contributed by atoms with Crippen LogP contribution in [0.4, 0.5) is 11.4 Å². The zero-order valence-electron chi connectivity index (χ0n) is 15.3. The van der Waals surface area contributed by atoms with Crippen molar-refractivity contribution in [2.45, 2.75) is 19.8 Å². The summed E-state index contributed by atoms with van der Waals surface area (Å²) in [6, 6.07) is 14.8. The first-order valence-corrected chi connectivity index (χ1v) is 8.85. The van der Waals surface area contributed by atoms with Crippen LogP contribution < -0.4 is 10.6 Å². The lowest BCUT2D eigenvalue weighted by molar-refractivity contribution is -0.119. The number of para-hydroxylation sites is 1. The van der Waals surface area contributed by atoms with Crippen LogP contribution in [0, 0.1) is 0 Å². The average Bonchev–Trinajstić information content (AvgIpc) is 2.57. The smallest absolute Gasteiger partial charge is 0.238 e. The Hall–Kier alpha value is -2.37. The second-order valence-corrected chi connectivity index (χ2v) is 6.93. The summed E-state index contributed by atoms with van der Waals surface area (Å²) in [6.45, 7) is 4.44. The molecule has 0 saturated heterocycles. The summed E-state index contributed by atoms with van der Waals surface area (Å²) in [7, 11) is 1.72. The highest BCUT2D eigenvalue weighted by Crippen LogP contribution is 2.20. The summed E-state index contributed by atoms with van der Waals surface area (Å²) in [4.78, 5) is 25.8. The number of hydrogen-bond donors (Lipinski definition) is 2. The van der Waals surface area contributed by atoms with Crippen LogP contribution in [0.25, 0.3) is 0 Å². The Labute approximate surface area is 159 Å². The van der Waals surface area contributed by atoms with Crippen molar-refractivity contribution in [1.82, 2.24) is 4.90 Å². The molecule has 2 N–H and O–H groups in total. The molecule has 0 spiro atoms. The van der Waals surface area contributed by atoms with Gasteiger partial charge < -0.3 is 10.6 Å². The van der Waals surface area contributed by atoms with Gasteiger partial charge in [-0.15, -0.1) is 0 Å². The molecule has 26 heavy (non-hydrogen) atoms. The van der Waals surface area contributed by atoms with Gasteiger partial charge >= 0.3 is 0 Å². The number of carbonyl (C=O) groups is 2. The summed E-state index contributed by atoms with van der Waals surface area (Å²) in [5.41, 5.74) is 2.52. The van der Waals surface area contributed by atoms with Crippen molar-refractivity contribution >= 4 is 34.8 Å². The molecule has 2 aromatic carbocycles. The van der Waals surface area contributed by atoms with E-state index in [0.29, 0.717) is 16.6 Å². The van der Waals surface area contributed by atoms with Gasteiger partial charge in [-0.2, -0.15) is 0 Å². The Morgan fingerprint density at radius 3 is 2.12 bits per heavy atom. The number of benzene rings is 2. The molecule has 0 atom stereocenters. The average molecular weight is 374 g/mol. The third-order valence-electron chi connectivity index (χ3n) is 3.84. The minimum atomic E-state index is -0.227. The molecule has 6 heteroatoms. The maximum Gasteiger partial charge on any atom is 0.238 e. The molecule has 0 saturated carbocycles. The van der Waals surface area contributed by atoms with Crippen molar-refractivity contribution in [3.63, 3.8) is 0 Å². The summed E-state index contributed by atoms with van der Waals surface area (Å²) >= 11 is 6.02. The molecule has 0 aliphatic rings. The topological polar surface area (TPSA) is 61.4 Å². The van der Waals surface area contributed by atoms with Crippen molar-refractivity contribution < 1.29 is 9.59 Å². The van der Waals surface area contributed by atoms with Gasteiger partial charge in [0.2, 0.25) is 11.8 Å². The van der Waals surface area contributed by atoms with E-state index in [-0.39, 0.29) is 24.9 Å². The number of nitrogens with zero attached hydrogens (tertiary/aromatic N) is 1. The Kier molecular flexibility index (Phi) is 7.18. The Morgan fingerprint density at radius 2 is 1.54 bits per heavy atom. The highest BCUT2D eigenvalue weighted by molar-refractivity contribution is 6.33. The first-order valence-electron chi connectivity index (χ1n) is 8.48. The second kappa shape index (κ2) is 9.36. The number of carbonyl (C=O) groups excluding carboxylic acids is 2. The Morgan fingerprint density at radius 1 is 0.962 bits per heavy atom. The van der Waals surface area contributed by atoms with Crippen molar-refractivity contribution in [2.24, 2.45) is 0 Å². The standard InChI is InChI=1S/C20H24ClN3O2/c1-14(2)15-8-10-16(11-9-15)22-19(25)12-24(3)13-20(26)23-18-7-5-4-6-17(18)21/h4-11,14H,12-13H2,1-3H3,(H,22,25)(H,23,26). The van der Waals surface area contributed by atoms with Crippen LogP contribution in [0.3, 0.4) is 0 Å². The lowest BCUT2D eigenvalue weighted by atomic mass is 10.0. The number of hydrogen-bond acceptors (Lipinski definition) is 3. The molecule has 0 radical (unpaired) electrons. The molecule has 0 fully saturated rings. The van der Waals surface area contributed by atoms with Crippen molar-refractivity contribution in [3.8, 4) is 0 Å². The summed E-state index contributed by atoms with van der Waals surface area (Å²) < 4.78 is 0. The number of rotatable bonds is 7. The summed E-state index contributed by atoms with van der Waals surface area (Å²) in [6.07, 6.45) is 0. The second-order valence-electron chi connectivity index (χ2n) is 6.53. The number of halogens is 1. The van der Waals surface area contributed by atoms with Crippen LogP contribution in [0.1, 0.15) is 25.3 Å². The van der Waals surface area contributed by atoms with E-state index in [2.05, 4.69) is 24.5 Å². The molecule has 2 amide bonds. The van der Waals surface area contributed by atoms with Gasteiger partial charge in [0.1, 0.15) is 0 Å². The molecule has 138 valence electrons. The molecule has 0 aliphatic heterocycles. The zero-order chi connectivity index (χ0) is 19.1. The lowest BCUT2D eigenvalue weighted by Gasteiger charge is -2.16. The first-order chi connectivity index (χ1) is 12.3. The van der Waals surface area contributed by atoms with E-state index in [0.717, 1.165) is 5.69 Å². The van der Waals surface area contributed by atoms with Gasteiger partial charge in [0.25, 0.3) is 0 Å². The Balaban J connectivity index is 1.81.